The Labute approximate surface area is 79.6 Å². The number of aliphatic hydroxyl groups excluding tert-OH is 1. The molecular formula is C9H20NO3+. The van der Waals surface area contributed by atoms with E-state index >= 15 is 0 Å². The van der Waals surface area contributed by atoms with E-state index in [1.807, 2.05) is 0 Å². The van der Waals surface area contributed by atoms with E-state index in [9.17, 15) is 0 Å². The second-order valence-corrected chi connectivity index (χ2v) is 3.87. The Morgan fingerprint density at radius 3 is 2.62 bits per heavy atom. The maximum Gasteiger partial charge on any atom is 0.152 e. The summed E-state index contributed by atoms with van der Waals surface area (Å²) in [6, 6.07) is 0. The van der Waals surface area contributed by atoms with Crippen molar-refractivity contribution in [1.29, 1.82) is 0 Å². The van der Waals surface area contributed by atoms with E-state index in [0.717, 1.165) is 37.3 Å². The highest BCUT2D eigenvalue weighted by Crippen LogP contribution is 2.06. The molecule has 78 valence electrons. The Kier molecular flexibility index (Phi) is 4.12. The molecule has 1 fully saturated rings. The monoisotopic (exact) mass is 190 g/mol. The van der Waals surface area contributed by atoms with Crippen LogP contribution in [0.3, 0.4) is 0 Å². The Morgan fingerprint density at radius 2 is 2.08 bits per heavy atom. The number of ether oxygens (including phenoxy) is 2. The highest BCUT2D eigenvalue weighted by Gasteiger charge is 2.24. The zero-order chi connectivity index (χ0) is 9.73. The van der Waals surface area contributed by atoms with E-state index in [1.54, 1.807) is 6.92 Å². The van der Waals surface area contributed by atoms with Crippen LogP contribution in [0.2, 0.25) is 0 Å². The van der Waals surface area contributed by atoms with Gasteiger partial charge in [0.15, 0.2) is 6.29 Å². The number of aliphatic hydroxyl groups is 1. The molecule has 0 spiro atoms. The molecule has 0 amide bonds. The largest absolute Gasteiger partial charge is 0.370 e. The Morgan fingerprint density at radius 1 is 1.46 bits per heavy atom. The number of rotatable bonds is 4. The standard InChI is InChI=1S/C9H20NO3/c1-9(11)13-8-5-10(2)3-6-12-7-4-10/h9,11H,3-8H2,1-2H3/q+1. The zero-order valence-electron chi connectivity index (χ0n) is 8.53. The topological polar surface area (TPSA) is 38.7 Å². The van der Waals surface area contributed by atoms with Crippen molar-refractivity contribution >= 4 is 0 Å². The van der Waals surface area contributed by atoms with Crippen LogP contribution in [0, 0.1) is 0 Å². The van der Waals surface area contributed by atoms with Gasteiger partial charge in [0.05, 0.1) is 26.9 Å². The minimum Gasteiger partial charge on any atom is -0.370 e. The van der Waals surface area contributed by atoms with Crippen LogP contribution in [0.1, 0.15) is 6.92 Å². The fraction of sp³-hybridized carbons (Fsp3) is 1.00. The molecule has 0 aromatic heterocycles. The van der Waals surface area contributed by atoms with Gasteiger partial charge in [-0.2, -0.15) is 0 Å². The van der Waals surface area contributed by atoms with Crippen molar-refractivity contribution in [3.8, 4) is 0 Å². The number of hydrogen-bond acceptors (Lipinski definition) is 3. The first-order chi connectivity index (χ1) is 6.12. The molecule has 0 aromatic rings. The molecule has 1 atom stereocenters. The number of hydrogen-bond donors (Lipinski definition) is 1. The molecule has 4 nitrogen and oxygen atoms in total. The van der Waals surface area contributed by atoms with E-state index in [1.165, 1.54) is 0 Å². The molecule has 1 aliphatic heterocycles. The fourth-order valence-electron chi connectivity index (χ4n) is 1.45. The van der Waals surface area contributed by atoms with Gasteiger partial charge in [-0.15, -0.1) is 0 Å². The summed E-state index contributed by atoms with van der Waals surface area (Å²) in [6.45, 7) is 6.98. The highest BCUT2D eigenvalue weighted by molar-refractivity contribution is 4.46. The predicted molar refractivity (Wildman–Crippen MR) is 49.2 cm³/mol. The predicted octanol–water partition coefficient (Wildman–Crippen LogP) is -0.182. The molecule has 1 saturated heterocycles. The van der Waals surface area contributed by atoms with Crippen LogP contribution in [0.5, 0.6) is 0 Å². The van der Waals surface area contributed by atoms with Gasteiger partial charge in [-0.25, -0.2) is 0 Å². The van der Waals surface area contributed by atoms with Crippen molar-refractivity contribution in [2.45, 2.75) is 13.2 Å². The lowest BCUT2D eigenvalue weighted by molar-refractivity contribution is -0.917. The number of morpholine rings is 1. The fourth-order valence-corrected chi connectivity index (χ4v) is 1.45. The van der Waals surface area contributed by atoms with E-state index in [2.05, 4.69) is 7.05 Å². The van der Waals surface area contributed by atoms with Gasteiger partial charge in [0.1, 0.15) is 19.6 Å². The molecule has 0 aliphatic carbocycles. The maximum absolute atomic E-state index is 8.91. The Balaban J connectivity index is 2.17. The van der Waals surface area contributed by atoms with Crippen LogP contribution in [-0.4, -0.2) is 62.4 Å². The number of likely N-dealkylation sites (N-methyl/N-ethyl adjacent to an activating group) is 1. The van der Waals surface area contributed by atoms with Crippen LogP contribution in [0.25, 0.3) is 0 Å². The van der Waals surface area contributed by atoms with Crippen molar-refractivity contribution in [2.75, 3.05) is 46.5 Å². The summed E-state index contributed by atoms with van der Waals surface area (Å²) >= 11 is 0. The van der Waals surface area contributed by atoms with E-state index in [4.69, 9.17) is 14.6 Å². The third kappa shape index (κ3) is 4.04. The molecule has 13 heavy (non-hydrogen) atoms. The Hall–Kier alpha value is -0.160. The van der Waals surface area contributed by atoms with Gasteiger partial charge >= 0.3 is 0 Å². The van der Waals surface area contributed by atoms with Crippen molar-refractivity contribution in [2.24, 2.45) is 0 Å². The van der Waals surface area contributed by atoms with E-state index in [-0.39, 0.29) is 0 Å². The maximum atomic E-state index is 8.91. The second kappa shape index (κ2) is 4.91. The van der Waals surface area contributed by atoms with Crippen molar-refractivity contribution in [3.63, 3.8) is 0 Å². The number of quaternary nitrogens is 1. The summed E-state index contributed by atoms with van der Waals surface area (Å²) in [7, 11) is 2.20. The molecule has 1 unspecified atom stereocenters. The molecule has 1 heterocycles. The third-order valence-corrected chi connectivity index (χ3v) is 2.54. The molecule has 4 heteroatoms. The average Bonchev–Trinajstić information content (AvgIpc) is 2.04. The van der Waals surface area contributed by atoms with E-state index in [0.29, 0.717) is 6.61 Å². The molecule has 0 bridgehead atoms. The Bertz CT molecular complexity index is 144. The second-order valence-electron chi connectivity index (χ2n) is 3.87. The van der Waals surface area contributed by atoms with Gasteiger partial charge in [-0.05, 0) is 6.92 Å². The molecule has 0 radical (unpaired) electrons. The summed E-state index contributed by atoms with van der Waals surface area (Å²) in [6.07, 6.45) is -0.646. The molecule has 1 aliphatic rings. The SMILES string of the molecule is CC(O)OCC[N+]1(C)CCOCC1. The first-order valence-electron chi connectivity index (χ1n) is 4.83. The summed E-state index contributed by atoms with van der Waals surface area (Å²) in [5.74, 6) is 0. The van der Waals surface area contributed by atoms with Crippen LogP contribution in [0.15, 0.2) is 0 Å². The smallest absolute Gasteiger partial charge is 0.152 e. The molecule has 1 rings (SSSR count). The zero-order valence-corrected chi connectivity index (χ0v) is 8.53. The molecule has 0 saturated carbocycles. The van der Waals surface area contributed by atoms with Gasteiger partial charge in [0.25, 0.3) is 0 Å². The normalized spacial score (nSPS) is 24.2. The highest BCUT2D eigenvalue weighted by atomic mass is 16.6. The summed E-state index contributed by atoms with van der Waals surface area (Å²) in [4.78, 5) is 0. The molecular weight excluding hydrogens is 170 g/mol. The van der Waals surface area contributed by atoms with Crippen molar-refractivity contribution in [1.82, 2.24) is 0 Å². The summed E-state index contributed by atoms with van der Waals surface area (Å²) in [5, 5.41) is 8.91. The quantitative estimate of drug-likeness (QED) is 0.493. The van der Waals surface area contributed by atoms with Crippen LogP contribution in [0.4, 0.5) is 0 Å². The summed E-state index contributed by atoms with van der Waals surface area (Å²) in [5.41, 5.74) is 0. The molecule has 1 N–H and O–H groups in total. The number of nitrogens with zero attached hydrogens (tertiary/aromatic N) is 1. The van der Waals surface area contributed by atoms with E-state index < -0.39 is 6.29 Å². The molecule has 0 aromatic carbocycles. The lowest BCUT2D eigenvalue weighted by Gasteiger charge is -2.37. The van der Waals surface area contributed by atoms with Gasteiger partial charge in [-0.1, -0.05) is 0 Å². The summed E-state index contributed by atoms with van der Waals surface area (Å²) < 4.78 is 11.4. The van der Waals surface area contributed by atoms with Gasteiger partial charge < -0.3 is 19.1 Å². The first kappa shape index (κ1) is 10.9. The average molecular weight is 190 g/mol. The van der Waals surface area contributed by atoms with Crippen LogP contribution < -0.4 is 0 Å². The minimum atomic E-state index is -0.646. The lowest BCUT2D eigenvalue weighted by atomic mass is 10.3. The van der Waals surface area contributed by atoms with Gasteiger partial charge in [-0.3, -0.25) is 0 Å². The van der Waals surface area contributed by atoms with Crippen molar-refractivity contribution in [3.05, 3.63) is 0 Å². The lowest BCUT2D eigenvalue weighted by Crippen LogP contribution is -2.53. The first-order valence-corrected chi connectivity index (χ1v) is 4.83. The third-order valence-electron chi connectivity index (χ3n) is 2.54. The van der Waals surface area contributed by atoms with Crippen molar-refractivity contribution < 1.29 is 19.1 Å². The van der Waals surface area contributed by atoms with Gasteiger partial charge in [0.2, 0.25) is 0 Å². The van der Waals surface area contributed by atoms with Crippen LogP contribution >= 0.6 is 0 Å². The van der Waals surface area contributed by atoms with Crippen LogP contribution in [-0.2, 0) is 9.47 Å². The van der Waals surface area contributed by atoms with Gasteiger partial charge in [0, 0.05) is 0 Å². The minimum absolute atomic E-state index is 0.619.